The first-order valence-corrected chi connectivity index (χ1v) is 11.7. The Morgan fingerprint density at radius 1 is 1.10 bits per heavy atom. The van der Waals surface area contributed by atoms with Crippen LogP contribution in [0.15, 0.2) is 53.4 Å². The van der Waals surface area contributed by atoms with Crippen LogP contribution in [0, 0.1) is 6.92 Å². The first-order chi connectivity index (χ1) is 14.3. The standard InChI is InChI=1S/C23H32N2O4S/c1-5-20-9-6-7-10-22(20)25(17-23(26)24-15-8-16-29-18(2)3)30(27,28)21-13-11-19(4)12-14-21/h6-7,9-14,18H,5,8,15-17H2,1-4H3,(H,24,26). The number of rotatable bonds is 11. The van der Waals surface area contributed by atoms with Crippen LogP contribution in [0.5, 0.6) is 0 Å². The summed E-state index contributed by atoms with van der Waals surface area (Å²) >= 11 is 0. The number of carbonyl (C=O) groups excluding carboxylic acids is 1. The fourth-order valence-electron chi connectivity index (χ4n) is 3.00. The maximum atomic E-state index is 13.4. The molecule has 0 radical (unpaired) electrons. The van der Waals surface area contributed by atoms with Gasteiger partial charge in [0.2, 0.25) is 5.91 Å². The van der Waals surface area contributed by atoms with Crippen molar-refractivity contribution in [1.29, 1.82) is 0 Å². The van der Waals surface area contributed by atoms with Crippen LogP contribution in [0.4, 0.5) is 5.69 Å². The van der Waals surface area contributed by atoms with Gasteiger partial charge in [0.25, 0.3) is 10.0 Å². The highest BCUT2D eigenvalue weighted by Crippen LogP contribution is 2.27. The molecule has 7 heteroatoms. The molecule has 2 rings (SSSR count). The van der Waals surface area contributed by atoms with E-state index in [2.05, 4.69) is 5.32 Å². The number of sulfonamides is 1. The number of nitrogens with one attached hydrogen (secondary N) is 1. The molecule has 0 heterocycles. The number of amides is 1. The summed E-state index contributed by atoms with van der Waals surface area (Å²) in [5, 5.41) is 2.80. The Balaban J connectivity index is 2.24. The van der Waals surface area contributed by atoms with E-state index in [1.54, 1.807) is 36.4 Å². The molecule has 2 aromatic carbocycles. The lowest BCUT2D eigenvalue weighted by atomic mass is 10.1. The number of anilines is 1. The second-order valence-corrected chi connectivity index (χ2v) is 9.29. The number of aryl methyl sites for hydroxylation is 2. The summed E-state index contributed by atoms with van der Waals surface area (Å²) < 4.78 is 33.5. The van der Waals surface area contributed by atoms with Crippen molar-refractivity contribution in [2.45, 2.75) is 51.5 Å². The van der Waals surface area contributed by atoms with E-state index in [0.29, 0.717) is 31.7 Å². The molecule has 0 saturated carbocycles. The van der Waals surface area contributed by atoms with Crippen molar-refractivity contribution in [3.8, 4) is 0 Å². The summed E-state index contributed by atoms with van der Waals surface area (Å²) in [5.41, 5.74) is 2.36. The van der Waals surface area contributed by atoms with Gasteiger partial charge < -0.3 is 10.1 Å². The highest BCUT2D eigenvalue weighted by molar-refractivity contribution is 7.92. The predicted molar refractivity (Wildman–Crippen MR) is 120 cm³/mol. The van der Waals surface area contributed by atoms with Crippen LogP contribution in [0.1, 0.15) is 38.3 Å². The third-order valence-corrected chi connectivity index (χ3v) is 6.41. The van der Waals surface area contributed by atoms with Gasteiger partial charge >= 0.3 is 0 Å². The van der Waals surface area contributed by atoms with E-state index < -0.39 is 10.0 Å². The SMILES string of the molecule is CCc1ccccc1N(CC(=O)NCCCOC(C)C)S(=O)(=O)c1ccc(C)cc1. The second kappa shape index (κ2) is 11.1. The van der Waals surface area contributed by atoms with Crippen LogP contribution in [-0.4, -0.2) is 40.1 Å². The van der Waals surface area contributed by atoms with Crippen LogP contribution in [-0.2, 0) is 26.0 Å². The molecular weight excluding hydrogens is 400 g/mol. The van der Waals surface area contributed by atoms with Gasteiger partial charge in [-0.05, 0) is 57.4 Å². The Kier molecular flexibility index (Phi) is 8.87. The average Bonchev–Trinajstić information content (AvgIpc) is 2.71. The van der Waals surface area contributed by atoms with Crippen LogP contribution >= 0.6 is 0 Å². The summed E-state index contributed by atoms with van der Waals surface area (Å²) in [5.74, 6) is -0.346. The fraction of sp³-hybridized carbons (Fsp3) is 0.435. The molecule has 0 aliphatic carbocycles. The van der Waals surface area contributed by atoms with Crippen LogP contribution in [0.25, 0.3) is 0 Å². The van der Waals surface area contributed by atoms with Gasteiger partial charge in [-0.25, -0.2) is 8.42 Å². The zero-order valence-corrected chi connectivity index (χ0v) is 19.0. The fourth-order valence-corrected chi connectivity index (χ4v) is 4.45. The van der Waals surface area contributed by atoms with Crippen LogP contribution in [0.3, 0.4) is 0 Å². The van der Waals surface area contributed by atoms with Crippen molar-refractivity contribution in [2.75, 3.05) is 24.0 Å². The van der Waals surface area contributed by atoms with Gasteiger partial charge in [-0.2, -0.15) is 0 Å². The van der Waals surface area contributed by atoms with Crippen molar-refractivity contribution < 1.29 is 17.9 Å². The Hall–Kier alpha value is -2.38. The lowest BCUT2D eigenvalue weighted by Crippen LogP contribution is -2.41. The molecule has 0 atom stereocenters. The summed E-state index contributed by atoms with van der Waals surface area (Å²) in [4.78, 5) is 12.8. The summed E-state index contributed by atoms with van der Waals surface area (Å²) in [6.07, 6.45) is 1.46. The lowest BCUT2D eigenvalue weighted by Gasteiger charge is -2.26. The Morgan fingerprint density at radius 2 is 1.77 bits per heavy atom. The van der Waals surface area contributed by atoms with E-state index in [4.69, 9.17) is 4.74 Å². The molecule has 0 aliphatic heterocycles. The van der Waals surface area contributed by atoms with Crippen molar-refractivity contribution in [3.05, 3.63) is 59.7 Å². The van der Waals surface area contributed by atoms with Gasteiger partial charge in [0, 0.05) is 13.2 Å². The lowest BCUT2D eigenvalue weighted by molar-refractivity contribution is -0.119. The predicted octanol–water partition coefficient (Wildman–Crippen LogP) is 3.68. The maximum absolute atomic E-state index is 13.4. The molecule has 1 amide bonds. The Bertz CT molecular complexity index is 924. The topological polar surface area (TPSA) is 75.7 Å². The van der Waals surface area contributed by atoms with Gasteiger partial charge in [0.05, 0.1) is 16.7 Å². The van der Waals surface area contributed by atoms with Gasteiger partial charge in [0.1, 0.15) is 6.54 Å². The average molecular weight is 433 g/mol. The molecule has 0 saturated heterocycles. The van der Waals surface area contributed by atoms with Gasteiger partial charge in [-0.15, -0.1) is 0 Å². The van der Waals surface area contributed by atoms with E-state index >= 15 is 0 Å². The monoisotopic (exact) mass is 432 g/mol. The number of carbonyl (C=O) groups is 1. The van der Waals surface area contributed by atoms with Crippen molar-refractivity contribution >= 4 is 21.6 Å². The molecule has 0 bridgehead atoms. The van der Waals surface area contributed by atoms with Crippen molar-refractivity contribution in [1.82, 2.24) is 5.32 Å². The first-order valence-electron chi connectivity index (χ1n) is 10.3. The van der Waals surface area contributed by atoms with Crippen molar-refractivity contribution in [2.24, 2.45) is 0 Å². The zero-order valence-electron chi connectivity index (χ0n) is 18.2. The zero-order chi connectivity index (χ0) is 22.1. The number of hydrogen-bond acceptors (Lipinski definition) is 4. The number of hydrogen-bond donors (Lipinski definition) is 1. The molecule has 164 valence electrons. The first kappa shape index (κ1) is 23.9. The molecule has 1 N–H and O–H groups in total. The second-order valence-electron chi connectivity index (χ2n) is 7.43. The minimum absolute atomic E-state index is 0.140. The number of ether oxygens (including phenoxy) is 1. The van der Waals surface area contributed by atoms with Crippen LogP contribution < -0.4 is 9.62 Å². The minimum Gasteiger partial charge on any atom is -0.379 e. The normalized spacial score (nSPS) is 11.5. The van der Waals surface area contributed by atoms with Crippen LogP contribution in [0.2, 0.25) is 0 Å². The molecule has 30 heavy (non-hydrogen) atoms. The molecule has 6 nitrogen and oxygen atoms in total. The van der Waals surface area contributed by atoms with Gasteiger partial charge in [0.15, 0.2) is 0 Å². The third kappa shape index (κ3) is 6.57. The molecular formula is C23H32N2O4S. The molecule has 0 fully saturated rings. The maximum Gasteiger partial charge on any atom is 0.264 e. The van der Waals surface area contributed by atoms with E-state index in [-0.39, 0.29) is 23.5 Å². The number of nitrogens with zero attached hydrogens (tertiary/aromatic N) is 1. The third-order valence-electron chi connectivity index (χ3n) is 4.63. The highest BCUT2D eigenvalue weighted by atomic mass is 32.2. The van der Waals surface area contributed by atoms with Gasteiger partial charge in [-0.1, -0.05) is 42.8 Å². The molecule has 2 aromatic rings. The molecule has 0 spiro atoms. The Labute approximate surface area is 180 Å². The Morgan fingerprint density at radius 3 is 2.40 bits per heavy atom. The van der Waals surface area contributed by atoms with E-state index in [9.17, 15) is 13.2 Å². The largest absolute Gasteiger partial charge is 0.379 e. The van der Waals surface area contributed by atoms with E-state index in [1.165, 1.54) is 4.31 Å². The molecule has 0 unspecified atom stereocenters. The van der Waals surface area contributed by atoms with Gasteiger partial charge in [-0.3, -0.25) is 9.10 Å². The molecule has 0 aromatic heterocycles. The quantitative estimate of drug-likeness (QED) is 0.550. The summed E-state index contributed by atoms with van der Waals surface area (Å²) in [6, 6.07) is 13.9. The summed E-state index contributed by atoms with van der Waals surface area (Å²) in [6.45, 7) is 8.47. The number of para-hydroxylation sites is 1. The highest BCUT2D eigenvalue weighted by Gasteiger charge is 2.28. The van der Waals surface area contributed by atoms with E-state index in [0.717, 1.165) is 11.1 Å². The smallest absolute Gasteiger partial charge is 0.264 e. The number of benzene rings is 2. The van der Waals surface area contributed by atoms with E-state index in [1.807, 2.05) is 39.8 Å². The summed E-state index contributed by atoms with van der Waals surface area (Å²) in [7, 11) is -3.90. The minimum atomic E-state index is -3.90. The molecule has 0 aliphatic rings. The van der Waals surface area contributed by atoms with Crippen molar-refractivity contribution in [3.63, 3.8) is 0 Å².